The Hall–Kier alpha value is -2.22. The SMILES string of the molecule is COc1ccc2c(c1)n(CC1CCCCC1C#N)c(=O)n2C. The second kappa shape index (κ2) is 5.88. The first-order valence-corrected chi connectivity index (χ1v) is 7.78. The Morgan fingerprint density at radius 1 is 1.32 bits per heavy atom. The number of nitriles is 1. The Morgan fingerprint density at radius 3 is 2.82 bits per heavy atom. The molecule has 1 aliphatic rings. The third-order valence-corrected chi connectivity index (χ3v) is 4.84. The molecule has 1 heterocycles. The zero-order valence-corrected chi connectivity index (χ0v) is 13.1. The molecule has 0 spiro atoms. The van der Waals surface area contributed by atoms with Crippen LogP contribution in [0.3, 0.4) is 0 Å². The second-order valence-corrected chi connectivity index (χ2v) is 6.09. The number of aromatic nitrogens is 2. The smallest absolute Gasteiger partial charge is 0.328 e. The van der Waals surface area contributed by atoms with Crippen molar-refractivity contribution in [2.75, 3.05) is 7.11 Å². The molecule has 0 N–H and O–H groups in total. The van der Waals surface area contributed by atoms with E-state index in [1.807, 2.05) is 18.2 Å². The quantitative estimate of drug-likeness (QED) is 0.875. The predicted molar refractivity (Wildman–Crippen MR) is 84.8 cm³/mol. The number of ether oxygens (including phenoxy) is 1. The number of hydrogen-bond donors (Lipinski definition) is 0. The van der Waals surface area contributed by atoms with Crippen molar-refractivity contribution in [2.24, 2.45) is 18.9 Å². The molecule has 2 aromatic rings. The van der Waals surface area contributed by atoms with E-state index in [-0.39, 0.29) is 17.5 Å². The number of fused-ring (bicyclic) bond motifs is 1. The third kappa shape index (κ3) is 2.39. The molecule has 0 aliphatic heterocycles. The summed E-state index contributed by atoms with van der Waals surface area (Å²) in [5.41, 5.74) is 1.76. The summed E-state index contributed by atoms with van der Waals surface area (Å²) in [4.78, 5) is 12.6. The largest absolute Gasteiger partial charge is 0.497 e. The van der Waals surface area contributed by atoms with E-state index in [0.29, 0.717) is 6.54 Å². The Balaban J connectivity index is 2.04. The van der Waals surface area contributed by atoms with Crippen LogP contribution >= 0.6 is 0 Å². The van der Waals surface area contributed by atoms with Crippen molar-refractivity contribution < 1.29 is 4.74 Å². The van der Waals surface area contributed by atoms with E-state index in [9.17, 15) is 10.1 Å². The van der Waals surface area contributed by atoms with Gasteiger partial charge in [-0.2, -0.15) is 5.26 Å². The van der Waals surface area contributed by atoms with Gasteiger partial charge in [-0.15, -0.1) is 0 Å². The lowest BCUT2D eigenvalue weighted by atomic mass is 9.80. The van der Waals surface area contributed by atoms with E-state index in [1.165, 1.54) is 0 Å². The summed E-state index contributed by atoms with van der Waals surface area (Å²) in [6.07, 6.45) is 4.23. The van der Waals surface area contributed by atoms with Crippen LogP contribution in [0.5, 0.6) is 5.75 Å². The molecule has 0 saturated heterocycles. The summed E-state index contributed by atoms with van der Waals surface area (Å²) in [5.74, 6) is 1.06. The molecule has 5 nitrogen and oxygen atoms in total. The fraction of sp³-hybridized carbons (Fsp3) is 0.529. The molecular weight excluding hydrogens is 278 g/mol. The van der Waals surface area contributed by atoms with Crippen molar-refractivity contribution >= 4 is 11.0 Å². The molecule has 1 aliphatic carbocycles. The molecule has 1 saturated carbocycles. The highest BCUT2D eigenvalue weighted by Crippen LogP contribution is 2.31. The molecule has 0 amide bonds. The van der Waals surface area contributed by atoms with Crippen LogP contribution in [0.25, 0.3) is 11.0 Å². The fourth-order valence-electron chi connectivity index (χ4n) is 3.52. The first-order chi connectivity index (χ1) is 10.7. The maximum Gasteiger partial charge on any atom is 0.328 e. The summed E-state index contributed by atoms with van der Waals surface area (Å²) in [7, 11) is 3.41. The van der Waals surface area contributed by atoms with Crippen LogP contribution in [0.15, 0.2) is 23.0 Å². The fourth-order valence-corrected chi connectivity index (χ4v) is 3.52. The first-order valence-electron chi connectivity index (χ1n) is 7.78. The normalized spacial score (nSPS) is 21.7. The van der Waals surface area contributed by atoms with Gasteiger partial charge < -0.3 is 4.74 Å². The van der Waals surface area contributed by atoms with E-state index in [4.69, 9.17) is 4.74 Å². The zero-order valence-electron chi connectivity index (χ0n) is 13.1. The number of nitrogens with zero attached hydrogens (tertiary/aromatic N) is 3. The number of benzene rings is 1. The molecular formula is C17H21N3O2. The zero-order chi connectivity index (χ0) is 15.7. The van der Waals surface area contributed by atoms with E-state index in [2.05, 4.69) is 6.07 Å². The molecule has 0 bridgehead atoms. The van der Waals surface area contributed by atoms with Gasteiger partial charge in [0.1, 0.15) is 5.75 Å². The van der Waals surface area contributed by atoms with E-state index >= 15 is 0 Å². The van der Waals surface area contributed by atoms with Crippen LogP contribution in [0.1, 0.15) is 25.7 Å². The predicted octanol–water partition coefficient (Wildman–Crippen LogP) is 2.68. The summed E-state index contributed by atoms with van der Waals surface area (Å²) >= 11 is 0. The van der Waals surface area contributed by atoms with Crippen molar-refractivity contribution in [3.05, 3.63) is 28.7 Å². The van der Waals surface area contributed by atoms with Gasteiger partial charge in [-0.3, -0.25) is 9.13 Å². The van der Waals surface area contributed by atoms with Gasteiger partial charge in [-0.05, 0) is 30.9 Å². The van der Waals surface area contributed by atoms with Crippen molar-refractivity contribution in [1.82, 2.24) is 9.13 Å². The number of aryl methyl sites for hydroxylation is 1. The Bertz CT molecular complexity index is 782. The molecule has 22 heavy (non-hydrogen) atoms. The van der Waals surface area contributed by atoms with Crippen LogP contribution in [-0.2, 0) is 13.6 Å². The monoisotopic (exact) mass is 299 g/mol. The van der Waals surface area contributed by atoms with Crippen LogP contribution in [0.2, 0.25) is 0 Å². The number of imidazole rings is 1. The molecule has 1 aromatic carbocycles. The molecule has 2 atom stereocenters. The van der Waals surface area contributed by atoms with E-state index in [0.717, 1.165) is 42.5 Å². The van der Waals surface area contributed by atoms with Gasteiger partial charge in [0.05, 0.1) is 30.1 Å². The molecule has 1 fully saturated rings. The van der Waals surface area contributed by atoms with E-state index < -0.39 is 0 Å². The standard InChI is InChI=1S/C17H21N3O2/c1-19-15-8-7-14(22-2)9-16(15)20(17(19)21)11-13-6-4-3-5-12(13)10-18/h7-9,12-13H,3-6,11H2,1-2H3. The lowest BCUT2D eigenvalue weighted by Gasteiger charge is -2.26. The molecule has 2 unspecified atom stereocenters. The average molecular weight is 299 g/mol. The van der Waals surface area contributed by atoms with Crippen LogP contribution in [-0.4, -0.2) is 16.2 Å². The van der Waals surface area contributed by atoms with Gasteiger partial charge in [0.15, 0.2) is 0 Å². The maximum absolute atomic E-state index is 12.6. The van der Waals surface area contributed by atoms with Crippen molar-refractivity contribution in [1.29, 1.82) is 5.26 Å². The highest BCUT2D eigenvalue weighted by molar-refractivity contribution is 5.77. The lowest BCUT2D eigenvalue weighted by molar-refractivity contribution is 0.258. The Kier molecular flexibility index (Phi) is 3.93. The van der Waals surface area contributed by atoms with Gasteiger partial charge >= 0.3 is 5.69 Å². The minimum Gasteiger partial charge on any atom is -0.497 e. The molecule has 0 radical (unpaired) electrons. The number of hydrogen-bond acceptors (Lipinski definition) is 3. The van der Waals surface area contributed by atoms with Crippen molar-refractivity contribution in [3.8, 4) is 11.8 Å². The lowest BCUT2D eigenvalue weighted by Crippen LogP contribution is -2.29. The first kappa shape index (κ1) is 14.7. The van der Waals surface area contributed by atoms with Gasteiger partial charge in [0.2, 0.25) is 0 Å². The summed E-state index contributed by atoms with van der Waals surface area (Å²) in [6.45, 7) is 0.613. The van der Waals surface area contributed by atoms with Gasteiger partial charge in [0, 0.05) is 19.7 Å². The highest BCUT2D eigenvalue weighted by atomic mass is 16.5. The molecule has 116 valence electrons. The molecule has 1 aromatic heterocycles. The third-order valence-electron chi connectivity index (χ3n) is 4.84. The van der Waals surface area contributed by atoms with Gasteiger partial charge in [-0.1, -0.05) is 12.8 Å². The van der Waals surface area contributed by atoms with E-state index in [1.54, 1.807) is 23.3 Å². The van der Waals surface area contributed by atoms with Crippen LogP contribution in [0.4, 0.5) is 0 Å². The van der Waals surface area contributed by atoms with Crippen molar-refractivity contribution in [3.63, 3.8) is 0 Å². The Morgan fingerprint density at radius 2 is 2.09 bits per heavy atom. The summed E-state index contributed by atoms with van der Waals surface area (Å²) in [6, 6.07) is 8.11. The van der Waals surface area contributed by atoms with Crippen molar-refractivity contribution in [2.45, 2.75) is 32.2 Å². The topological polar surface area (TPSA) is 60.0 Å². The average Bonchev–Trinajstić information content (AvgIpc) is 2.80. The minimum absolute atomic E-state index is 0.0227. The number of methoxy groups -OCH3 is 1. The van der Waals surface area contributed by atoms with Gasteiger partial charge in [-0.25, -0.2) is 4.79 Å². The highest BCUT2D eigenvalue weighted by Gasteiger charge is 2.26. The molecule has 3 rings (SSSR count). The van der Waals surface area contributed by atoms with Gasteiger partial charge in [0.25, 0.3) is 0 Å². The second-order valence-electron chi connectivity index (χ2n) is 6.09. The minimum atomic E-state index is -0.0227. The summed E-state index contributed by atoms with van der Waals surface area (Å²) < 4.78 is 8.75. The maximum atomic E-state index is 12.6. The van der Waals surface area contributed by atoms with Crippen LogP contribution in [0, 0.1) is 23.2 Å². The van der Waals surface area contributed by atoms with Crippen LogP contribution < -0.4 is 10.4 Å². The molecule has 5 heteroatoms. The number of rotatable bonds is 3. The summed E-state index contributed by atoms with van der Waals surface area (Å²) in [5, 5.41) is 9.35. The Labute approximate surface area is 129 Å².